The molecule has 1 aromatic heterocycles. The molecule has 0 bridgehead atoms. The van der Waals surface area contributed by atoms with Crippen LogP contribution in [0.15, 0.2) is 24.3 Å². The van der Waals surface area contributed by atoms with Gasteiger partial charge in [0.25, 0.3) is 0 Å². The summed E-state index contributed by atoms with van der Waals surface area (Å²) in [6, 6.07) is 7.83. The van der Waals surface area contributed by atoms with Crippen LogP contribution in [0.25, 0.3) is 11.0 Å². The second-order valence-electron chi connectivity index (χ2n) is 5.27. The first-order chi connectivity index (χ1) is 10.2. The molecule has 1 aliphatic heterocycles. The number of amides is 1. The molecule has 0 aliphatic carbocycles. The Morgan fingerprint density at radius 2 is 2.29 bits per heavy atom. The minimum absolute atomic E-state index is 0.0526. The molecular formula is C15H21N5O. The number of nitrogens with one attached hydrogen (secondary N) is 2. The lowest BCUT2D eigenvalue weighted by Gasteiger charge is -2.35. The van der Waals surface area contributed by atoms with Crippen molar-refractivity contribution in [3.8, 4) is 0 Å². The molecule has 1 saturated heterocycles. The number of piperazine rings is 1. The number of carbonyl (C=O) groups is 1. The van der Waals surface area contributed by atoms with Gasteiger partial charge in [-0.2, -0.15) is 0 Å². The molecule has 3 rings (SSSR count). The first kappa shape index (κ1) is 13.9. The van der Waals surface area contributed by atoms with Crippen molar-refractivity contribution in [3.05, 3.63) is 24.3 Å². The van der Waals surface area contributed by atoms with E-state index in [4.69, 9.17) is 4.98 Å². The van der Waals surface area contributed by atoms with E-state index in [0.29, 0.717) is 13.1 Å². The van der Waals surface area contributed by atoms with Gasteiger partial charge in [0.15, 0.2) is 0 Å². The molecule has 1 atom stereocenters. The first-order valence-corrected chi connectivity index (χ1v) is 7.39. The Bertz CT molecular complexity index is 651. The minimum atomic E-state index is -0.214. The SMILES string of the molecule is CCNC(=O)C1CNCCN1c1nc2ccccc2n1C. The van der Waals surface area contributed by atoms with Crippen LogP contribution in [0.4, 0.5) is 5.95 Å². The van der Waals surface area contributed by atoms with Gasteiger partial charge in [-0.15, -0.1) is 0 Å². The lowest BCUT2D eigenvalue weighted by Crippen LogP contribution is -2.58. The summed E-state index contributed by atoms with van der Waals surface area (Å²) in [6.45, 7) is 4.87. The number of imidazole rings is 1. The van der Waals surface area contributed by atoms with Crippen LogP contribution >= 0.6 is 0 Å². The van der Waals surface area contributed by atoms with Crippen LogP contribution in [-0.4, -0.2) is 47.7 Å². The number of hydrogen-bond donors (Lipinski definition) is 2. The van der Waals surface area contributed by atoms with Crippen LogP contribution in [-0.2, 0) is 11.8 Å². The van der Waals surface area contributed by atoms with Crippen molar-refractivity contribution >= 4 is 22.9 Å². The van der Waals surface area contributed by atoms with E-state index in [9.17, 15) is 4.79 Å². The quantitative estimate of drug-likeness (QED) is 0.862. The number of carbonyl (C=O) groups excluding carboxylic acids is 1. The zero-order valence-corrected chi connectivity index (χ0v) is 12.5. The summed E-state index contributed by atoms with van der Waals surface area (Å²) < 4.78 is 2.06. The Balaban J connectivity index is 1.98. The molecule has 1 aromatic carbocycles. The summed E-state index contributed by atoms with van der Waals surface area (Å²) in [4.78, 5) is 19.1. The lowest BCUT2D eigenvalue weighted by molar-refractivity contribution is -0.122. The van der Waals surface area contributed by atoms with Crippen molar-refractivity contribution in [1.29, 1.82) is 0 Å². The molecule has 0 saturated carbocycles. The maximum Gasteiger partial charge on any atom is 0.244 e. The number of nitrogens with zero attached hydrogens (tertiary/aromatic N) is 3. The molecule has 1 amide bonds. The first-order valence-electron chi connectivity index (χ1n) is 7.39. The third-order valence-corrected chi connectivity index (χ3v) is 3.92. The smallest absolute Gasteiger partial charge is 0.244 e. The van der Waals surface area contributed by atoms with Crippen molar-refractivity contribution in [2.45, 2.75) is 13.0 Å². The fourth-order valence-corrected chi connectivity index (χ4v) is 2.86. The molecule has 6 nitrogen and oxygen atoms in total. The van der Waals surface area contributed by atoms with E-state index >= 15 is 0 Å². The summed E-state index contributed by atoms with van der Waals surface area (Å²) >= 11 is 0. The maximum absolute atomic E-state index is 12.3. The molecule has 6 heteroatoms. The number of aromatic nitrogens is 2. The fraction of sp³-hybridized carbons (Fsp3) is 0.467. The molecule has 1 aliphatic rings. The van der Waals surface area contributed by atoms with Gasteiger partial charge in [-0.1, -0.05) is 12.1 Å². The van der Waals surface area contributed by atoms with Gasteiger partial charge >= 0.3 is 0 Å². The van der Waals surface area contributed by atoms with Gasteiger partial charge < -0.3 is 20.1 Å². The number of benzene rings is 1. The molecule has 21 heavy (non-hydrogen) atoms. The van der Waals surface area contributed by atoms with Crippen LogP contribution < -0.4 is 15.5 Å². The molecule has 112 valence electrons. The molecule has 0 spiro atoms. The maximum atomic E-state index is 12.3. The number of rotatable bonds is 3. The van der Waals surface area contributed by atoms with Crippen molar-refractivity contribution in [2.75, 3.05) is 31.1 Å². The van der Waals surface area contributed by atoms with Crippen LogP contribution in [0.5, 0.6) is 0 Å². The third-order valence-electron chi connectivity index (χ3n) is 3.92. The number of para-hydroxylation sites is 2. The zero-order valence-electron chi connectivity index (χ0n) is 12.5. The highest BCUT2D eigenvalue weighted by Crippen LogP contribution is 2.23. The van der Waals surface area contributed by atoms with Gasteiger partial charge in [0.2, 0.25) is 11.9 Å². The van der Waals surface area contributed by atoms with Crippen LogP contribution in [0, 0.1) is 0 Å². The summed E-state index contributed by atoms with van der Waals surface area (Å²) in [5, 5.41) is 6.20. The molecule has 2 heterocycles. The molecule has 1 unspecified atom stereocenters. The van der Waals surface area contributed by atoms with Crippen LogP contribution in [0.3, 0.4) is 0 Å². The summed E-state index contributed by atoms with van der Waals surface area (Å²) in [7, 11) is 2.00. The highest BCUT2D eigenvalue weighted by Gasteiger charge is 2.31. The second-order valence-corrected chi connectivity index (χ2v) is 5.27. The highest BCUT2D eigenvalue weighted by molar-refractivity contribution is 5.86. The summed E-state index contributed by atoms with van der Waals surface area (Å²) in [5.41, 5.74) is 2.05. The molecule has 0 radical (unpaired) electrons. The molecule has 1 fully saturated rings. The Morgan fingerprint density at radius 3 is 3.05 bits per heavy atom. The average Bonchev–Trinajstić information content (AvgIpc) is 2.85. The van der Waals surface area contributed by atoms with Gasteiger partial charge in [-0.3, -0.25) is 4.79 Å². The van der Waals surface area contributed by atoms with E-state index in [2.05, 4.69) is 26.2 Å². The van der Waals surface area contributed by atoms with Crippen LogP contribution in [0.1, 0.15) is 6.92 Å². The molecular weight excluding hydrogens is 266 g/mol. The second kappa shape index (κ2) is 5.73. The van der Waals surface area contributed by atoms with Crippen molar-refractivity contribution in [1.82, 2.24) is 20.2 Å². The number of anilines is 1. The fourth-order valence-electron chi connectivity index (χ4n) is 2.86. The van der Waals surface area contributed by atoms with Gasteiger partial charge in [0.05, 0.1) is 11.0 Å². The predicted molar refractivity (Wildman–Crippen MR) is 83.4 cm³/mol. The van der Waals surface area contributed by atoms with E-state index in [0.717, 1.165) is 30.1 Å². The predicted octanol–water partition coefficient (Wildman–Crippen LogP) is 0.488. The number of hydrogen-bond acceptors (Lipinski definition) is 4. The lowest BCUT2D eigenvalue weighted by atomic mass is 10.2. The monoisotopic (exact) mass is 287 g/mol. The van der Waals surface area contributed by atoms with E-state index in [1.54, 1.807) is 0 Å². The largest absolute Gasteiger partial charge is 0.355 e. The Kier molecular flexibility index (Phi) is 3.79. The standard InChI is InChI=1S/C15H21N5O/c1-3-17-14(21)13-10-16-8-9-20(13)15-18-11-6-4-5-7-12(11)19(15)2/h4-7,13,16H,3,8-10H2,1-2H3,(H,17,21). The van der Waals surface area contributed by atoms with Crippen LogP contribution in [0.2, 0.25) is 0 Å². The van der Waals surface area contributed by atoms with E-state index in [-0.39, 0.29) is 11.9 Å². The number of aryl methyl sites for hydroxylation is 1. The number of likely N-dealkylation sites (N-methyl/N-ethyl adjacent to an activating group) is 1. The number of fused-ring (bicyclic) bond motifs is 1. The minimum Gasteiger partial charge on any atom is -0.355 e. The van der Waals surface area contributed by atoms with Crippen molar-refractivity contribution in [3.63, 3.8) is 0 Å². The summed E-state index contributed by atoms with van der Waals surface area (Å²) in [6.07, 6.45) is 0. The highest BCUT2D eigenvalue weighted by atomic mass is 16.2. The molecule has 2 N–H and O–H groups in total. The zero-order chi connectivity index (χ0) is 14.8. The Labute approximate surface area is 124 Å². The van der Waals surface area contributed by atoms with Crippen molar-refractivity contribution in [2.24, 2.45) is 7.05 Å². The Morgan fingerprint density at radius 1 is 1.48 bits per heavy atom. The van der Waals surface area contributed by atoms with E-state index in [1.165, 1.54) is 0 Å². The average molecular weight is 287 g/mol. The third kappa shape index (κ3) is 2.47. The molecule has 2 aromatic rings. The Hall–Kier alpha value is -2.08. The van der Waals surface area contributed by atoms with Gasteiger partial charge in [0.1, 0.15) is 6.04 Å². The van der Waals surface area contributed by atoms with Gasteiger partial charge in [0, 0.05) is 33.2 Å². The summed E-state index contributed by atoms with van der Waals surface area (Å²) in [5.74, 6) is 0.908. The van der Waals surface area contributed by atoms with E-state index < -0.39 is 0 Å². The van der Waals surface area contributed by atoms with Gasteiger partial charge in [-0.25, -0.2) is 4.98 Å². The topological polar surface area (TPSA) is 62.2 Å². The van der Waals surface area contributed by atoms with E-state index in [1.807, 2.05) is 32.2 Å². The van der Waals surface area contributed by atoms with Crippen molar-refractivity contribution < 1.29 is 4.79 Å². The van der Waals surface area contributed by atoms with Gasteiger partial charge in [-0.05, 0) is 19.1 Å². The normalized spacial score (nSPS) is 19.0.